The molecule has 0 aliphatic carbocycles. The molecule has 1 fully saturated rings. The summed E-state index contributed by atoms with van der Waals surface area (Å²) >= 11 is 6.26. The Hall–Kier alpha value is -1.49. The number of sulfonamides is 2. The summed E-state index contributed by atoms with van der Waals surface area (Å²) in [6, 6.07) is 12.3. The van der Waals surface area contributed by atoms with Crippen molar-refractivity contribution in [3.8, 4) is 0 Å². The Bertz CT molecular complexity index is 1080. The Kier molecular flexibility index (Phi) is 7.21. The zero-order valence-corrected chi connectivity index (χ0v) is 19.3. The largest absolute Gasteiger partial charge is 0.377 e. The molecule has 164 valence electrons. The first-order chi connectivity index (χ1) is 14.1. The van der Waals surface area contributed by atoms with E-state index in [0.29, 0.717) is 17.2 Å². The Labute approximate surface area is 183 Å². The summed E-state index contributed by atoms with van der Waals surface area (Å²) in [4.78, 5) is 0.0495. The van der Waals surface area contributed by atoms with Crippen LogP contribution in [0.3, 0.4) is 0 Å². The van der Waals surface area contributed by atoms with Gasteiger partial charge in [0.2, 0.25) is 20.0 Å². The van der Waals surface area contributed by atoms with E-state index in [1.54, 1.807) is 24.3 Å². The molecule has 0 bridgehead atoms. The molecule has 0 N–H and O–H groups in total. The summed E-state index contributed by atoms with van der Waals surface area (Å²) in [5.74, 6) is 0. The first-order valence-electron chi connectivity index (χ1n) is 9.50. The second-order valence-electron chi connectivity index (χ2n) is 7.28. The molecule has 10 heteroatoms. The van der Waals surface area contributed by atoms with Gasteiger partial charge in [0.15, 0.2) is 0 Å². The van der Waals surface area contributed by atoms with E-state index < -0.39 is 20.0 Å². The van der Waals surface area contributed by atoms with Crippen LogP contribution in [0.1, 0.15) is 18.4 Å². The molecule has 1 aliphatic heterocycles. The molecule has 2 aromatic carbocycles. The van der Waals surface area contributed by atoms with Crippen LogP contribution >= 0.6 is 11.6 Å². The highest BCUT2D eigenvalue weighted by Crippen LogP contribution is 2.26. The Balaban J connectivity index is 1.93. The lowest BCUT2D eigenvalue weighted by atomic mass is 10.2. The van der Waals surface area contributed by atoms with Crippen LogP contribution in [-0.4, -0.2) is 58.8 Å². The Morgan fingerprint density at radius 3 is 2.10 bits per heavy atom. The Morgan fingerprint density at radius 1 is 0.967 bits per heavy atom. The zero-order chi connectivity index (χ0) is 21.9. The smallest absolute Gasteiger partial charge is 0.243 e. The lowest BCUT2D eigenvalue weighted by Crippen LogP contribution is -2.37. The third-order valence-electron chi connectivity index (χ3n) is 4.98. The number of halogens is 1. The molecule has 1 heterocycles. The fourth-order valence-electron chi connectivity index (χ4n) is 3.22. The van der Waals surface area contributed by atoms with Crippen LogP contribution in [0.25, 0.3) is 0 Å². The van der Waals surface area contributed by atoms with Crippen molar-refractivity contribution in [1.29, 1.82) is 0 Å². The van der Waals surface area contributed by atoms with Gasteiger partial charge < -0.3 is 4.74 Å². The SMILES string of the molecule is CN(C)S(=O)(=O)c1ccc(S(=O)(=O)N(Cc2ccccc2Cl)CC2CCCO2)cc1. The summed E-state index contributed by atoms with van der Waals surface area (Å²) in [5.41, 5.74) is 0.688. The number of hydrogen-bond acceptors (Lipinski definition) is 5. The summed E-state index contributed by atoms with van der Waals surface area (Å²) in [5, 5.41) is 0.484. The molecule has 1 unspecified atom stereocenters. The van der Waals surface area contributed by atoms with Crippen LogP contribution in [0.15, 0.2) is 58.3 Å². The normalized spacial score (nSPS) is 17.7. The van der Waals surface area contributed by atoms with Crippen molar-refractivity contribution in [3.05, 3.63) is 59.1 Å². The van der Waals surface area contributed by atoms with Gasteiger partial charge in [0.25, 0.3) is 0 Å². The van der Waals surface area contributed by atoms with Gasteiger partial charge in [-0.3, -0.25) is 0 Å². The number of ether oxygens (including phenoxy) is 1. The quantitative estimate of drug-likeness (QED) is 0.589. The summed E-state index contributed by atoms with van der Waals surface area (Å²) in [6.07, 6.45) is 1.49. The minimum atomic E-state index is -3.90. The second kappa shape index (κ2) is 9.33. The van der Waals surface area contributed by atoms with Crippen LogP contribution in [0.4, 0.5) is 0 Å². The second-order valence-corrected chi connectivity index (χ2v) is 11.8. The van der Waals surface area contributed by atoms with Crippen LogP contribution in [0, 0.1) is 0 Å². The van der Waals surface area contributed by atoms with Gasteiger partial charge in [0.1, 0.15) is 0 Å². The lowest BCUT2D eigenvalue weighted by molar-refractivity contribution is 0.0926. The maximum atomic E-state index is 13.4. The first kappa shape index (κ1) is 23.2. The van der Waals surface area contributed by atoms with Gasteiger partial charge in [-0.1, -0.05) is 29.8 Å². The summed E-state index contributed by atoms with van der Waals surface area (Å²) < 4.78 is 59.4. The molecule has 2 aromatic rings. The average molecular weight is 473 g/mol. The van der Waals surface area contributed by atoms with Gasteiger partial charge in [-0.2, -0.15) is 4.31 Å². The maximum absolute atomic E-state index is 13.4. The van der Waals surface area contributed by atoms with E-state index >= 15 is 0 Å². The monoisotopic (exact) mass is 472 g/mol. The van der Waals surface area contributed by atoms with Crippen molar-refractivity contribution in [3.63, 3.8) is 0 Å². The molecule has 3 rings (SSSR count). The molecule has 0 spiro atoms. The van der Waals surface area contributed by atoms with Crippen molar-refractivity contribution in [2.75, 3.05) is 27.2 Å². The number of hydrogen-bond donors (Lipinski definition) is 0. The van der Waals surface area contributed by atoms with Crippen LogP contribution < -0.4 is 0 Å². The molecule has 1 atom stereocenters. The van der Waals surface area contributed by atoms with Crippen molar-refractivity contribution in [1.82, 2.24) is 8.61 Å². The number of benzene rings is 2. The third-order valence-corrected chi connectivity index (χ3v) is 9.00. The number of rotatable bonds is 8. The van der Waals surface area contributed by atoms with Crippen molar-refractivity contribution in [2.24, 2.45) is 0 Å². The van der Waals surface area contributed by atoms with Gasteiger partial charge in [-0.25, -0.2) is 21.1 Å². The van der Waals surface area contributed by atoms with E-state index in [4.69, 9.17) is 16.3 Å². The maximum Gasteiger partial charge on any atom is 0.243 e. The average Bonchev–Trinajstić information content (AvgIpc) is 3.22. The highest BCUT2D eigenvalue weighted by molar-refractivity contribution is 7.89. The molecule has 1 saturated heterocycles. The van der Waals surface area contributed by atoms with Crippen LogP contribution in [0.5, 0.6) is 0 Å². The highest BCUT2D eigenvalue weighted by atomic mass is 35.5. The van der Waals surface area contributed by atoms with Gasteiger partial charge in [0.05, 0.1) is 15.9 Å². The summed E-state index contributed by atoms with van der Waals surface area (Å²) in [6.45, 7) is 0.909. The first-order valence-corrected chi connectivity index (χ1v) is 12.8. The lowest BCUT2D eigenvalue weighted by Gasteiger charge is -2.25. The molecule has 0 radical (unpaired) electrons. The minimum Gasteiger partial charge on any atom is -0.377 e. The van der Waals surface area contributed by atoms with Gasteiger partial charge in [-0.05, 0) is 48.7 Å². The number of nitrogens with zero attached hydrogens (tertiary/aromatic N) is 2. The van der Waals surface area contributed by atoms with E-state index in [1.165, 1.54) is 42.7 Å². The highest BCUT2D eigenvalue weighted by Gasteiger charge is 2.30. The zero-order valence-electron chi connectivity index (χ0n) is 16.9. The van der Waals surface area contributed by atoms with Crippen LogP contribution in [0.2, 0.25) is 5.02 Å². The van der Waals surface area contributed by atoms with Crippen LogP contribution in [-0.2, 0) is 31.3 Å². The van der Waals surface area contributed by atoms with Gasteiger partial charge in [0, 0.05) is 38.8 Å². The third kappa shape index (κ3) is 5.04. The minimum absolute atomic E-state index is 0.0188. The predicted octanol–water partition coefficient (Wildman–Crippen LogP) is 2.96. The fourth-order valence-corrected chi connectivity index (χ4v) is 5.77. The van der Waals surface area contributed by atoms with E-state index in [1.807, 2.05) is 0 Å². The van der Waals surface area contributed by atoms with E-state index in [2.05, 4.69) is 0 Å². The van der Waals surface area contributed by atoms with Crippen molar-refractivity contribution in [2.45, 2.75) is 35.3 Å². The van der Waals surface area contributed by atoms with E-state index in [0.717, 1.165) is 17.1 Å². The topological polar surface area (TPSA) is 84.0 Å². The van der Waals surface area contributed by atoms with Crippen molar-refractivity contribution < 1.29 is 21.6 Å². The molecule has 0 amide bonds. The van der Waals surface area contributed by atoms with Gasteiger partial charge in [-0.15, -0.1) is 0 Å². The molecular formula is C20H25ClN2O5S2. The Morgan fingerprint density at radius 2 is 1.57 bits per heavy atom. The molecule has 0 saturated carbocycles. The predicted molar refractivity (Wildman–Crippen MR) is 115 cm³/mol. The van der Waals surface area contributed by atoms with E-state index in [-0.39, 0.29) is 29.0 Å². The summed E-state index contributed by atoms with van der Waals surface area (Å²) in [7, 11) is -4.70. The molecule has 1 aliphatic rings. The molecule has 0 aromatic heterocycles. The molecular weight excluding hydrogens is 448 g/mol. The fraction of sp³-hybridized carbons (Fsp3) is 0.400. The van der Waals surface area contributed by atoms with Crippen molar-refractivity contribution >= 4 is 31.6 Å². The van der Waals surface area contributed by atoms with Gasteiger partial charge >= 0.3 is 0 Å². The standard InChI is InChI=1S/C20H25ClN2O5S2/c1-22(2)29(24,25)18-9-11-19(12-10-18)30(26,27)23(15-17-7-5-13-28-17)14-16-6-3-4-8-20(16)21/h3-4,6,8-12,17H,5,7,13-15H2,1-2H3. The van der Waals surface area contributed by atoms with E-state index in [9.17, 15) is 16.8 Å². The molecule has 7 nitrogen and oxygen atoms in total. The molecule has 30 heavy (non-hydrogen) atoms.